The van der Waals surface area contributed by atoms with Gasteiger partial charge in [-0.3, -0.25) is 9.78 Å². The van der Waals surface area contributed by atoms with Gasteiger partial charge in [-0.2, -0.15) is 0 Å². The van der Waals surface area contributed by atoms with E-state index in [9.17, 15) is 9.90 Å². The summed E-state index contributed by atoms with van der Waals surface area (Å²) in [5, 5.41) is 13.1. The van der Waals surface area contributed by atoms with E-state index in [-0.39, 0.29) is 5.91 Å². The van der Waals surface area contributed by atoms with Crippen LogP contribution in [0.25, 0.3) is 17.1 Å². The molecule has 0 aliphatic heterocycles. The number of nitrogens with zero attached hydrogens (tertiary/aromatic N) is 2. The molecule has 0 radical (unpaired) electrons. The van der Waals surface area contributed by atoms with Crippen molar-refractivity contribution in [2.45, 2.75) is 37.7 Å². The summed E-state index contributed by atoms with van der Waals surface area (Å²) >= 11 is 0. The number of hydrogen-bond acceptors (Lipinski definition) is 4. The molecule has 1 fully saturated rings. The highest BCUT2D eigenvalue weighted by Crippen LogP contribution is 2.27. The number of nitrogens with one attached hydrogen (secondary N) is 1. The summed E-state index contributed by atoms with van der Waals surface area (Å²) in [5.74, 6) is -0.223. The summed E-state index contributed by atoms with van der Waals surface area (Å²) < 4.78 is 0. The van der Waals surface area contributed by atoms with E-state index in [1.54, 1.807) is 12.3 Å². The van der Waals surface area contributed by atoms with E-state index in [0.29, 0.717) is 12.2 Å². The van der Waals surface area contributed by atoms with Gasteiger partial charge in [-0.25, -0.2) is 4.98 Å². The minimum Gasteiger partial charge on any atom is -0.388 e. The smallest absolute Gasteiger partial charge is 0.244 e. The summed E-state index contributed by atoms with van der Waals surface area (Å²) in [7, 11) is 0. The lowest BCUT2D eigenvalue weighted by Crippen LogP contribution is -2.43. The normalized spacial score (nSPS) is 17.4. The first kappa shape index (κ1) is 15.6. The van der Waals surface area contributed by atoms with E-state index >= 15 is 0 Å². The van der Waals surface area contributed by atoms with Crippen LogP contribution < -0.4 is 5.32 Å². The van der Waals surface area contributed by atoms with Crippen molar-refractivity contribution in [2.75, 3.05) is 6.54 Å². The second-order valence-electron chi connectivity index (χ2n) is 6.12. The van der Waals surface area contributed by atoms with E-state index < -0.39 is 5.60 Å². The molecule has 2 aromatic rings. The third kappa shape index (κ3) is 4.13. The zero-order chi connectivity index (χ0) is 16.1. The fraction of sp³-hybridized carbons (Fsp3) is 0.389. The highest BCUT2D eigenvalue weighted by molar-refractivity contribution is 5.91. The van der Waals surface area contributed by atoms with Gasteiger partial charge in [0.15, 0.2) is 0 Å². The van der Waals surface area contributed by atoms with Crippen LogP contribution in [0.4, 0.5) is 0 Å². The van der Waals surface area contributed by atoms with E-state index in [2.05, 4.69) is 15.3 Å². The average molecular weight is 311 g/mol. The van der Waals surface area contributed by atoms with E-state index in [1.807, 2.05) is 24.3 Å². The minimum atomic E-state index is -0.746. The molecular formula is C18H21N3O2. The summed E-state index contributed by atoms with van der Waals surface area (Å²) in [6, 6.07) is 7.60. The van der Waals surface area contributed by atoms with Gasteiger partial charge < -0.3 is 10.4 Å². The molecule has 1 aromatic heterocycles. The molecule has 0 saturated heterocycles. The van der Waals surface area contributed by atoms with Gasteiger partial charge in [0.25, 0.3) is 0 Å². The number of rotatable bonds is 4. The first-order chi connectivity index (χ1) is 11.1. The Morgan fingerprint density at radius 3 is 2.74 bits per heavy atom. The Labute approximate surface area is 135 Å². The van der Waals surface area contributed by atoms with Gasteiger partial charge in [-0.15, -0.1) is 0 Å². The van der Waals surface area contributed by atoms with E-state index in [1.165, 1.54) is 6.08 Å². The number of aromatic nitrogens is 2. The molecule has 1 amide bonds. The van der Waals surface area contributed by atoms with E-state index in [0.717, 1.165) is 43.1 Å². The van der Waals surface area contributed by atoms with Crippen LogP contribution in [0.1, 0.15) is 37.8 Å². The van der Waals surface area contributed by atoms with Crippen LogP contribution in [-0.4, -0.2) is 33.1 Å². The van der Waals surface area contributed by atoms with Crippen molar-refractivity contribution < 1.29 is 9.90 Å². The number of benzene rings is 1. The maximum absolute atomic E-state index is 11.9. The molecule has 5 heteroatoms. The number of fused-ring (bicyclic) bond motifs is 1. The largest absolute Gasteiger partial charge is 0.388 e. The molecule has 1 saturated carbocycles. The molecule has 0 spiro atoms. The van der Waals surface area contributed by atoms with Gasteiger partial charge in [0.05, 0.1) is 28.5 Å². The Hall–Kier alpha value is -2.27. The Morgan fingerprint density at radius 1 is 1.22 bits per heavy atom. The monoisotopic (exact) mass is 311 g/mol. The lowest BCUT2D eigenvalue weighted by atomic mass is 9.85. The van der Waals surface area contributed by atoms with Crippen molar-refractivity contribution in [2.24, 2.45) is 0 Å². The summed E-state index contributed by atoms with van der Waals surface area (Å²) in [6.45, 7) is 0.305. The predicted octanol–water partition coefficient (Wildman–Crippen LogP) is 2.45. The molecule has 3 rings (SSSR count). The Balaban J connectivity index is 1.58. The molecule has 5 nitrogen and oxygen atoms in total. The molecule has 23 heavy (non-hydrogen) atoms. The van der Waals surface area contributed by atoms with Crippen LogP contribution in [0.2, 0.25) is 0 Å². The molecule has 0 atom stereocenters. The maximum Gasteiger partial charge on any atom is 0.244 e. The average Bonchev–Trinajstić information content (AvgIpc) is 2.59. The number of hydrogen-bond donors (Lipinski definition) is 2. The fourth-order valence-electron chi connectivity index (χ4n) is 2.91. The van der Waals surface area contributed by atoms with Crippen LogP contribution in [0, 0.1) is 0 Å². The third-order valence-electron chi connectivity index (χ3n) is 4.25. The lowest BCUT2D eigenvalue weighted by Gasteiger charge is -2.31. The zero-order valence-corrected chi connectivity index (χ0v) is 13.0. The summed E-state index contributed by atoms with van der Waals surface area (Å²) in [5.41, 5.74) is 1.51. The van der Waals surface area contributed by atoms with Crippen molar-refractivity contribution in [1.29, 1.82) is 0 Å². The fourth-order valence-corrected chi connectivity index (χ4v) is 2.91. The Morgan fingerprint density at radius 2 is 1.96 bits per heavy atom. The van der Waals surface area contributed by atoms with Crippen molar-refractivity contribution in [1.82, 2.24) is 15.3 Å². The van der Waals surface area contributed by atoms with Gasteiger partial charge in [0, 0.05) is 12.6 Å². The van der Waals surface area contributed by atoms with Gasteiger partial charge in [0.1, 0.15) is 0 Å². The molecule has 1 heterocycles. The maximum atomic E-state index is 11.9. The third-order valence-corrected chi connectivity index (χ3v) is 4.25. The second-order valence-corrected chi connectivity index (χ2v) is 6.12. The van der Waals surface area contributed by atoms with Crippen LogP contribution in [0.15, 0.2) is 36.5 Å². The van der Waals surface area contributed by atoms with Gasteiger partial charge in [0.2, 0.25) is 5.91 Å². The van der Waals surface area contributed by atoms with Gasteiger partial charge in [-0.05, 0) is 31.1 Å². The first-order valence-electron chi connectivity index (χ1n) is 8.05. The molecule has 0 bridgehead atoms. The van der Waals surface area contributed by atoms with Crippen molar-refractivity contribution in [3.63, 3.8) is 0 Å². The summed E-state index contributed by atoms with van der Waals surface area (Å²) in [6.07, 6.45) is 9.44. The quantitative estimate of drug-likeness (QED) is 0.851. The number of carbonyl (C=O) groups is 1. The minimum absolute atomic E-state index is 0.223. The van der Waals surface area contributed by atoms with E-state index in [4.69, 9.17) is 0 Å². The lowest BCUT2D eigenvalue weighted by molar-refractivity contribution is -0.118. The van der Waals surface area contributed by atoms with Crippen LogP contribution in [0.3, 0.4) is 0 Å². The highest BCUT2D eigenvalue weighted by Gasteiger charge is 2.29. The zero-order valence-electron chi connectivity index (χ0n) is 13.0. The molecule has 0 unspecified atom stereocenters. The van der Waals surface area contributed by atoms with Crippen LogP contribution in [-0.2, 0) is 4.79 Å². The molecule has 1 aromatic carbocycles. The van der Waals surface area contributed by atoms with Crippen molar-refractivity contribution in [3.05, 3.63) is 42.2 Å². The molecule has 120 valence electrons. The van der Waals surface area contributed by atoms with Crippen LogP contribution >= 0.6 is 0 Å². The topological polar surface area (TPSA) is 75.1 Å². The molecule has 1 aliphatic rings. The number of aliphatic hydroxyl groups is 1. The predicted molar refractivity (Wildman–Crippen MR) is 89.6 cm³/mol. The molecular weight excluding hydrogens is 290 g/mol. The van der Waals surface area contributed by atoms with Crippen molar-refractivity contribution in [3.8, 4) is 0 Å². The standard InChI is InChI=1S/C18H21N3O2/c22-17(20-13-18(23)10-4-1-5-11-18)9-8-14-12-19-15-6-2-3-7-16(15)21-14/h2-3,6-9,12,23H,1,4-5,10-11,13H2,(H,20,22). The van der Waals surface area contributed by atoms with Crippen LogP contribution in [0.5, 0.6) is 0 Å². The molecule has 1 aliphatic carbocycles. The Kier molecular flexibility index (Phi) is 4.67. The van der Waals surface area contributed by atoms with Gasteiger partial charge in [-0.1, -0.05) is 31.4 Å². The molecule has 2 N–H and O–H groups in total. The van der Waals surface area contributed by atoms with Crippen molar-refractivity contribution >= 4 is 23.0 Å². The first-order valence-corrected chi connectivity index (χ1v) is 8.05. The number of carbonyl (C=O) groups excluding carboxylic acids is 1. The Bertz CT molecular complexity index is 721. The second kappa shape index (κ2) is 6.87. The number of amides is 1. The summed E-state index contributed by atoms with van der Waals surface area (Å²) in [4.78, 5) is 20.6. The highest BCUT2D eigenvalue weighted by atomic mass is 16.3. The number of para-hydroxylation sites is 2. The van der Waals surface area contributed by atoms with Gasteiger partial charge >= 0.3 is 0 Å². The SMILES string of the molecule is O=C(C=Cc1cnc2ccccc2n1)NCC1(O)CCCCC1.